The highest BCUT2D eigenvalue weighted by atomic mass is 16.3. The Bertz CT molecular complexity index is 1060. The summed E-state index contributed by atoms with van der Waals surface area (Å²) in [5, 5.41) is 11.2. The van der Waals surface area contributed by atoms with Gasteiger partial charge in [-0.05, 0) is 19.9 Å². The summed E-state index contributed by atoms with van der Waals surface area (Å²) in [6.07, 6.45) is 0. The first-order valence-electron chi connectivity index (χ1n) is 8.05. The number of amides is 1. The van der Waals surface area contributed by atoms with E-state index in [-0.39, 0.29) is 5.91 Å². The fourth-order valence-corrected chi connectivity index (χ4v) is 2.95. The molecule has 2 aromatic heterocycles. The van der Waals surface area contributed by atoms with E-state index in [0.717, 1.165) is 22.2 Å². The number of carbonyl (C=O) groups is 1. The number of fused-ring (bicyclic) bond motifs is 1. The van der Waals surface area contributed by atoms with Crippen LogP contribution < -0.4 is 5.32 Å². The van der Waals surface area contributed by atoms with Crippen molar-refractivity contribution in [2.45, 2.75) is 13.8 Å². The third-order valence-corrected chi connectivity index (χ3v) is 4.28. The fourth-order valence-electron chi connectivity index (χ4n) is 2.95. The van der Waals surface area contributed by atoms with E-state index in [9.17, 15) is 4.79 Å². The molecule has 0 aliphatic carbocycles. The van der Waals surface area contributed by atoms with Crippen molar-refractivity contribution in [3.8, 4) is 11.3 Å². The molecule has 5 nitrogen and oxygen atoms in total. The number of furan rings is 1. The highest BCUT2D eigenvalue weighted by Gasteiger charge is 2.21. The number of nitrogens with one attached hydrogen (secondary N) is 2. The van der Waals surface area contributed by atoms with Crippen LogP contribution in [0.3, 0.4) is 0 Å². The SMILES string of the molecule is Cc1[nH]nc(-c2ccccc2)c1NC(=O)c1oc2ccccc2c1C. The minimum absolute atomic E-state index is 0.282. The van der Waals surface area contributed by atoms with Crippen LogP contribution in [0.25, 0.3) is 22.2 Å². The summed E-state index contributed by atoms with van der Waals surface area (Å²) in [5.74, 6) is 0.0381. The molecule has 4 rings (SSSR count). The number of nitrogens with zero attached hydrogens (tertiary/aromatic N) is 1. The van der Waals surface area contributed by atoms with Crippen molar-refractivity contribution in [1.82, 2.24) is 10.2 Å². The molecule has 0 saturated heterocycles. The third-order valence-electron chi connectivity index (χ3n) is 4.28. The first kappa shape index (κ1) is 15.2. The number of aromatic nitrogens is 2. The normalized spacial score (nSPS) is 11.0. The molecule has 0 fully saturated rings. The minimum Gasteiger partial charge on any atom is -0.451 e. The second-order valence-electron chi connectivity index (χ2n) is 5.94. The predicted molar refractivity (Wildman–Crippen MR) is 97.7 cm³/mol. The number of benzene rings is 2. The second kappa shape index (κ2) is 5.94. The van der Waals surface area contributed by atoms with Gasteiger partial charge in [0.15, 0.2) is 5.76 Å². The van der Waals surface area contributed by atoms with Gasteiger partial charge >= 0.3 is 0 Å². The van der Waals surface area contributed by atoms with Crippen LogP contribution in [0.4, 0.5) is 5.69 Å². The molecule has 124 valence electrons. The van der Waals surface area contributed by atoms with Gasteiger partial charge < -0.3 is 9.73 Å². The zero-order chi connectivity index (χ0) is 17.4. The maximum Gasteiger partial charge on any atom is 0.291 e. The molecule has 2 aromatic carbocycles. The summed E-state index contributed by atoms with van der Waals surface area (Å²) in [6, 6.07) is 17.4. The zero-order valence-electron chi connectivity index (χ0n) is 14.0. The molecule has 0 aliphatic heterocycles. The molecule has 1 amide bonds. The lowest BCUT2D eigenvalue weighted by molar-refractivity contribution is 0.0998. The monoisotopic (exact) mass is 331 g/mol. The molecule has 0 bridgehead atoms. The lowest BCUT2D eigenvalue weighted by Gasteiger charge is -2.06. The summed E-state index contributed by atoms with van der Waals surface area (Å²) in [6.45, 7) is 3.77. The molecule has 0 radical (unpaired) electrons. The lowest BCUT2D eigenvalue weighted by Crippen LogP contribution is -2.13. The van der Waals surface area contributed by atoms with Crippen LogP contribution in [0, 0.1) is 13.8 Å². The molecule has 2 heterocycles. The average Bonchev–Trinajstić information content (AvgIpc) is 3.17. The van der Waals surface area contributed by atoms with E-state index in [4.69, 9.17) is 4.42 Å². The quantitative estimate of drug-likeness (QED) is 0.572. The Labute approximate surface area is 144 Å². The molecule has 0 spiro atoms. The number of aromatic amines is 1. The van der Waals surface area contributed by atoms with Gasteiger partial charge in [0.25, 0.3) is 5.91 Å². The fraction of sp³-hybridized carbons (Fsp3) is 0.100. The van der Waals surface area contributed by atoms with Crippen LogP contribution in [0.1, 0.15) is 21.8 Å². The zero-order valence-corrected chi connectivity index (χ0v) is 14.0. The number of rotatable bonds is 3. The Morgan fingerprint density at radius 1 is 1.04 bits per heavy atom. The standard InChI is InChI=1S/C20H17N3O2/c1-12-15-10-6-7-11-16(15)25-19(12)20(24)21-17-13(2)22-23-18(17)14-8-4-3-5-9-14/h3-11H,1-2H3,(H,21,24)(H,22,23). The van der Waals surface area contributed by atoms with Gasteiger partial charge in [-0.3, -0.25) is 9.89 Å². The van der Waals surface area contributed by atoms with Crippen molar-refractivity contribution in [2.75, 3.05) is 5.32 Å². The summed E-state index contributed by atoms with van der Waals surface area (Å²) in [7, 11) is 0. The van der Waals surface area contributed by atoms with Gasteiger partial charge in [0.1, 0.15) is 11.3 Å². The Hall–Kier alpha value is -3.34. The van der Waals surface area contributed by atoms with E-state index in [2.05, 4.69) is 15.5 Å². The molecule has 0 saturated carbocycles. The van der Waals surface area contributed by atoms with Gasteiger partial charge in [-0.2, -0.15) is 5.10 Å². The summed E-state index contributed by atoms with van der Waals surface area (Å²) >= 11 is 0. The molecule has 5 heteroatoms. The van der Waals surface area contributed by atoms with Gasteiger partial charge in [-0.1, -0.05) is 48.5 Å². The largest absolute Gasteiger partial charge is 0.451 e. The number of anilines is 1. The lowest BCUT2D eigenvalue weighted by atomic mass is 10.1. The van der Waals surface area contributed by atoms with Crippen LogP contribution in [0.5, 0.6) is 0 Å². The van der Waals surface area contributed by atoms with E-state index in [1.54, 1.807) is 0 Å². The first-order chi connectivity index (χ1) is 12.1. The number of H-pyrrole nitrogens is 1. The van der Waals surface area contributed by atoms with E-state index in [1.165, 1.54) is 0 Å². The molecule has 25 heavy (non-hydrogen) atoms. The predicted octanol–water partition coefficient (Wildman–Crippen LogP) is 4.69. The molecule has 0 unspecified atom stereocenters. The van der Waals surface area contributed by atoms with Crippen molar-refractivity contribution >= 4 is 22.6 Å². The summed E-state index contributed by atoms with van der Waals surface area (Å²) in [5.41, 5.74) is 4.63. The topological polar surface area (TPSA) is 70.9 Å². The van der Waals surface area contributed by atoms with Gasteiger partial charge in [0, 0.05) is 16.5 Å². The first-order valence-corrected chi connectivity index (χ1v) is 8.05. The number of hydrogen-bond donors (Lipinski definition) is 2. The average molecular weight is 331 g/mol. The molecule has 0 aliphatic rings. The number of para-hydroxylation sites is 1. The minimum atomic E-state index is -0.282. The molecule has 0 atom stereocenters. The van der Waals surface area contributed by atoms with Crippen LogP contribution >= 0.6 is 0 Å². The Morgan fingerprint density at radius 2 is 1.76 bits per heavy atom. The Morgan fingerprint density at radius 3 is 2.52 bits per heavy atom. The summed E-state index contributed by atoms with van der Waals surface area (Å²) < 4.78 is 5.75. The third kappa shape index (κ3) is 2.59. The highest BCUT2D eigenvalue weighted by Crippen LogP contribution is 2.30. The van der Waals surface area contributed by atoms with Crippen molar-refractivity contribution in [3.63, 3.8) is 0 Å². The van der Waals surface area contributed by atoms with Crippen molar-refractivity contribution < 1.29 is 9.21 Å². The van der Waals surface area contributed by atoms with Crippen molar-refractivity contribution in [2.24, 2.45) is 0 Å². The van der Waals surface area contributed by atoms with E-state index >= 15 is 0 Å². The number of carbonyl (C=O) groups excluding carboxylic acids is 1. The Balaban J connectivity index is 1.72. The molecular weight excluding hydrogens is 314 g/mol. The van der Waals surface area contributed by atoms with Crippen molar-refractivity contribution in [3.05, 3.63) is 71.6 Å². The van der Waals surface area contributed by atoms with E-state index < -0.39 is 0 Å². The second-order valence-corrected chi connectivity index (χ2v) is 5.94. The molecule has 2 N–H and O–H groups in total. The van der Waals surface area contributed by atoms with Crippen LogP contribution in [-0.2, 0) is 0 Å². The highest BCUT2D eigenvalue weighted by molar-refractivity contribution is 6.08. The smallest absolute Gasteiger partial charge is 0.291 e. The van der Waals surface area contributed by atoms with E-state index in [0.29, 0.717) is 22.7 Å². The van der Waals surface area contributed by atoms with Gasteiger partial charge in [-0.15, -0.1) is 0 Å². The number of aryl methyl sites for hydroxylation is 2. The molecule has 4 aromatic rings. The van der Waals surface area contributed by atoms with Crippen molar-refractivity contribution in [1.29, 1.82) is 0 Å². The van der Waals surface area contributed by atoms with Crippen LogP contribution in [0.15, 0.2) is 59.0 Å². The number of hydrogen-bond acceptors (Lipinski definition) is 3. The van der Waals surface area contributed by atoms with Gasteiger partial charge in [0.05, 0.1) is 11.4 Å². The van der Waals surface area contributed by atoms with Crippen LogP contribution in [-0.4, -0.2) is 16.1 Å². The maximum atomic E-state index is 12.8. The van der Waals surface area contributed by atoms with E-state index in [1.807, 2.05) is 68.4 Å². The van der Waals surface area contributed by atoms with Gasteiger partial charge in [0.2, 0.25) is 0 Å². The summed E-state index contributed by atoms with van der Waals surface area (Å²) in [4.78, 5) is 12.8. The van der Waals surface area contributed by atoms with Gasteiger partial charge in [-0.25, -0.2) is 0 Å². The molecular formula is C20H17N3O2. The maximum absolute atomic E-state index is 12.8. The van der Waals surface area contributed by atoms with Crippen LogP contribution in [0.2, 0.25) is 0 Å². The Kier molecular flexibility index (Phi) is 3.61.